The summed E-state index contributed by atoms with van der Waals surface area (Å²) >= 11 is 0. The second-order valence-electron chi connectivity index (χ2n) is 4.02. The number of methoxy groups -OCH3 is 1. The first-order valence-corrected chi connectivity index (χ1v) is 5.81. The van der Waals surface area contributed by atoms with E-state index >= 15 is 0 Å². The Bertz CT molecular complexity index is 500. The molecule has 1 aromatic carbocycles. The van der Waals surface area contributed by atoms with Crippen LogP contribution in [0.4, 0.5) is 11.4 Å². The lowest BCUT2D eigenvalue weighted by Gasteiger charge is -2.09. The SMILES string of the molecule is COC(=O)[C@@H](N)CCC(=O)Nc1ccc([N+](=O)[O-])cc1. The summed E-state index contributed by atoms with van der Waals surface area (Å²) in [4.78, 5) is 32.6. The monoisotopic (exact) mass is 281 g/mol. The third-order valence-corrected chi connectivity index (χ3v) is 2.55. The predicted octanol–water partition coefficient (Wildman–Crippen LogP) is 0.814. The molecule has 0 spiro atoms. The van der Waals surface area contributed by atoms with Crippen LogP contribution in [0.25, 0.3) is 0 Å². The number of benzene rings is 1. The number of ether oxygens (including phenoxy) is 1. The van der Waals surface area contributed by atoms with Crippen molar-refractivity contribution in [3.05, 3.63) is 34.4 Å². The van der Waals surface area contributed by atoms with Gasteiger partial charge in [0.05, 0.1) is 12.0 Å². The molecule has 0 aliphatic heterocycles. The maximum atomic E-state index is 11.6. The second kappa shape index (κ2) is 7.19. The predicted molar refractivity (Wildman–Crippen MR) is 71.0 cm³/mol. The van der Waals surface area contributed by atoms with Gasteiger partial charge >= 0.3 is 5.97 Å². The third-order valence-electron chi connectivity index (χ3n) is 2.55. The van der Waals surface area contributed by atoms with Crippen LogP contribution in [0.3, 0.4) is 0 Å². The largest absolute Gasteiger partial charge is 0.468 e. The molecule has 1 rings (SSSR count). The molecule has 0 saturated carbocycles. The number of nitrogens with zero attached hydrogens (tertiary/aromatic N) is 1. The molecule has 8 heteroatoms. The van der Waals surface area contributed by atoms with Crippen LogP contribution in [-0.4, -0.2) is 30.0 Å². The van der Waals surface area contributed by atoms with Crippen molar-refractivity contribution in [2.75, 3.05) is 12.4 Å². The van der Waals surface area contributed by atoms with E-state index in [-0.39, 0.29) is 24.4 Å². The zero-order chi connectivity index (χ0) is 15.1. The summed E-state index contributed by atoms with van der Waals surface area (Å²) in [5.74, 6) is -0.911. The van der Waals surface area contributed by atoms with Crippen molar-refractivity contribution in [1.82, 2.24) is 0 Å². The topological polar surface area (TPSA) is 125 Å². The summed E-state index contributed by atoms with van der Waals surface area (Å²) in [6, 6.07) is 4.58. The molecular formula is C12H15N3O5. The number of amides is 1. The Labute approximate surface area is 115 Å². The second-order valence-corrected chi connectivity index (χ2v) is 4.02. The number of hydrogen-bond donors (Lipinski definition) is 2. The fraction of sp³-hybridized carbons (Fsp3) is 0.333. The first kappa shape index (κ1) is 15.6. The summed E-state index contributed by atoms with van der Waals surface area (Å²) in [5.41, 5.74) is 5.87. The molecule has 0 aliphatic carbocycles. The molecule has 0 aromatic heterocycles. The van der Waals surface area contributed by atoms with Gasteiger partial charge in [-0.1, -0.05) is 0 Å². The fourth-order valence-corrected chi connectivity index (χ4v) is 1.45. The number of carbonyl (C=O) groups excluding carboxylic acids is 2. The van der Waals surface area contributed by atoms with Crippen molar-refractivity contribution >= 4 is 23.3 Å². The van der Waals surface area contributed by atoms with Gasteiger partial charge in [-0.25, -0.2) is 0 Å². The van der Waals surface area contributed by atoms with Crippen LogP contribution in [0.15, 0.2) is 24.3 Å². The Hall–Kier alpha value is -2.48. The zero-order valence-corrected chi connectivity index (χ0v) is 10.9. The summed E-state index contributed by atoms with van der Waals surface area (Å²) in [7, 11) is 1.22. The van der Waals surface area contributed by atoms with Crippen LogP contribution in [-0.2, 0) is 14.3 Å². The number of anilines is 1. The van der Waals surface area contributed by atoms with E-state index in [1.807, 2.05) is 0 Å². The van der Waals surface area contributed by atoms with Gasteiger partial charge in [0, 0.05) is 24.2 Å². The fourth-order valence-electron chi connectivity index (χ4n) is 1.45. The zero-order valence-electron chi connectivity index (χ0n) is 10.9. The van der Waals surface area contributed by atoms with E-state index in [1.165, 1.54) is 31.4 Å². The van der Waals surface area contributed by atoms with Crippen LogP contribution in [0, 0.1) is 10.1 Å². The quantitative estimate of drug-likeness (QED) is 0.451. The lowest BCUT2D eigenvalue weighted by molar-refractivity contribution is -0.384. The van der Waals surface area contributed by atoms with Crippen LogP contribution in [0.2, 0.25) is 0 Å². The first-order chi connectivity index (χ1) is 9.43. The molecule has 0 heterocycles. The molecule has 8 nitrogen and oxygen atoms in total. The lowest BCUT2D eigenvalue weighted by atomic mass is 10.1. The molecule has 0 radical (unpaired) electrons. The van der Waals surface area contributed by atoms with E-state index in [4.69, 9.17) is 5.73 Å². The Morgan fingerprint density at radius 2 is 2.00 bits per heavy atom. The summed E-state index contributed by atoms with van der Waals surface area (Å²) in [5, 5.41) is 13.0. The molecule has 0 fully saturated rings. The smallest absolute Gasteiger partial charge is 0.322 e. The number of nitrogens with two attached hydrogens (primary N) is 1. The molecule has 0 bridgehead atoms. The average Bonchev–Trinajstić information content (AvgIpc) is 2.44. The Morgan fingerprint density at radius 3 is 2.50 bits per heavy atom. The maximum Gasteiger partial charge on any atom is 0.322 e. The van der Waals surface area contributed by atoms with E-state index in [0.717, 1.165) is 0 Å². The maximum absolute atomic E-state index is 11.6. The lowest BCUT2D eigenvalue weighted by Crippen LogP contribution is -2.32. The minimum Gasteiger partial charge on any atom is -0.468 e. The van der Waals surface area contributed by atoms with Gasteiger partial charge in [0.1, 0.15) is 6.04 Å². The number of nitrogens with one attached hydrogen (secondary N) is 1. The highest BCUT2D eigenvalue weighted by Crippen LogP contribution is 2.15. The Morgan fingerprint density at radius 1 is 1.40 bits per heavy atom. The normalized spacial score (nSPS) is 11.5. The molecule has 108 valence electrons. The number of nitro benzene ring substituents is 1. The van der Waals surface area contributed by atoms with Gasteiger partial charge < -0.3 is 15.8 Å². The molecule has 1 aromatic rings. The molecule has 0 saturated heterocycles. The van der Waals surface area contributed by atoms with E-state index in [1.54, 1.807) is 0 Å². The van der Waals surface area contributed by atoms with Gasteiger partial charge in [0.2, 0.25) is 5.91 Å². The van der Waals surface area contributed by atoms with Gasteiger partial charge in [-0.15, -0.1) is 0 Å². The molecule has 1 atom stereocenters. The standard InChI is InChI=1S/C12H15N3O5/c1-20-12(17)10(13)6-7-11(16)14-8-2-4-9(5-3-8)15(18)19/h2-5,10H,6-7,13H2,1H3,(H,14,16)/t10-/m0/s1. The van der Waals surface area contributed by atoms with Crippen molar-refractivity contribution in [3.63, 3.8) is 0 Å². The van der Waals surface area contributed by atoms with E-state index < -0.39 is 16.9 Å². The summed E-state index contributed by atoms with van der Waals surface area (Å²) < 4.78 is 4.44. The Kier molecular flexibility index (Phi) is 5.60. The molecular weight excluding hydrogens is 266 g/mol. The van der Waals surface area contributed by atoms with Crippen LogP contribution in [0.5, 0.6) is 0 Å². The number of esters is 1. The van der Waals surface area contributed by atoms with Gasteiger partial charge in [-0.2, -0.15) is 0 Å². The van der Waals surface area contributed by atoms with Crippen molar-refractivity contribution in [2.24, 2.45) is 5.73 Å². The highest BCUT2D eigenvalue weighted by Gasteiger charge is 2.15. The summed E-state index contributed by atoms with van der Waals surface area (Å²) in [6.45, 7) is 0. The molecule has 0 unspecified atom stereocenters. The Balaban J connectivity index is 2.46. The highest BCUT2D eigenvalue weighted by atomic mass is 16.6. The van der Waals surface area contributed by atoms with Crippen molar-refractivity contribution in [2.45, 2.75) is 18.9 Å². The molecule has 20 heavy (non-hydrogen) atoms. The molecule has 0 aliphatic rings. The number of non-ortho nitro benzene ring substituents is 1. The van der Waals surface area contributed by atoms with Crippen molar-refractivity contribution < 1.29 is 19.2 Å². The molecule has 1 amide bonds. The number of carbonyl (C=O) groups is 2. The number of rotatable bonds is 6. The van der Waals surface area contributed by atoms with E-state index in [9.17, 15) is 19.7 Å². The van der Waals surface area contributed by atoms with Crippen LogP contribution < -0.4 is 11.1 Å². The highest BCUT2D eigenvalue weighted by molar-refractivity contribution is 5.91. The van der Waals surface area contributed by atoms with Crippen molar-refractivity contribution in [1.29, 1.82) is 0 Å². The van der Waals surface area contributed by atoms with E-state index in [2.05, 4.69) is 10.1 Å². The van der Waals surface area contributed by atoms with E-state index in [0.29, 0.717) is 5.69 Å². The van der Waals surface area contributed by atoms with Gasteiger partial charge in [0.15, 0.2) is 0 Å². The van der Waals surface area contributed by atoms with Crippen molar-refractivity contribution in [3.8, 4) is 0 Å². The summed E-state index contributed by atoms with van der Waals surface area (Å²) in [6.07, 6.45) is 0.207. The molecule has 3 N–H and O–H groups in total. The van der Waals surface area contributed by atoms with Crippen LogP contribution >= 0.6 is 0 Å². The average molecular weight is 281 g/mol. The minimum absolute atomic E-state index is 0.0489. The van der Waals surface area contributed by atoms with Gasteiger partial charge in [0.25, 0.3) is 5.69 Å². The van der Waals surface area contributed by atoms with Crippen LogP contribution in [0.1, 0.15) is 12.8 Å². The number of hydrogen-bond acceptors (Lipinski definition) is 6. The first-order valence-electron chi connectivity index (χ1n) is 5.81. The number of nitro groups is 1. The van der Waals surface area contributed by atoms with Gasteiger partial charge in [-0.3, -0.25) is 19.7 Å². The van der Waals surface area contributed by atoms with Gasteiger partial charge in [-0.05, 0) is 18.6 Å². The minimum atomic E-state index is -0.845. The third kappa shape index (κ3) is 4.65.